The fourth-order valence-electron chi connectivity index (χ4n) is 7.93. The van der Waals surface area contributed by atoms with Gasteiger partial charge in [-0.2, -0.15) is 0 Å². The van der Waals surface area contributed by atoms with Crippen molar-refractivity contribution in [3.05, 3.63) is 218 Å². The maximum Gasteiger partial charge on any atom is 0.0541 e. The van der Waals surface area contributed by atoms with E-state index in [1.165, 1.54) is 71.6 Å². The smallest absolute Gasteiger partial charge is 0.0541 e. The van der Waals surface area contributed by atoms with Crippen LogP contribution in [0.1, 0.15) is 13.8 Å². The van der Waals surface area contributed by atoms with E-state index in [0.29, 0.717) is 0 Å². The second-order valence-electron chi connectivity index (χ2n) is 13.8. The third-order valence-electron chi connectivity index (χ3n) is 10.6. The summed E-state index contributed by atoms with van der Waals surface area (Å²) in [4.78, 5) is 2.34. The monoisotopic (exact) mass is 718 g/mol. The molecule has 0 aliphatic rings. The SMILES string of the molecule is CC.c1ccc(-c2ccc(N(c3ccc(-c4ccccc4)cc3)c3ccc(-c4ccc5c(c4)c4ccccc4n5-c4cccc5ccccc45)cc3)cc2)cc1. The first-order chi connectivity index (χ1) is 27.8. The number of hydrogen-bond acceptors (Lipinski definition) is 1. The summed E-state index contributed by atoms with van der Waals surface area (Å²) >= 11 is 0. The quantitative estimate of drug-likeness (QED) is 0.159. The van der Waals surface area contributed by atoms with E-state index >= 15 is 0 Å². The normalized spacial score (nSPS) is 11.0. The molecule has 0 N–H and O–H groups in total. The van der Waals surface area contributed by atoms with Gasteiger partial charge in [-0.3, -0.25) is 0 Å². The van der Waals surface area contributed by atoms with E-state index in [1.54, 1.807) is 0 Å². The molecule has 2 nitrogen and oxygen atoms in total. The number of para-hydroxylation sites is 1. The van der Waals surface area contributed by atoms with Crippen LogP contribution in [0.4, 0.5) is 17.1 Å². The summed E-state index contributed by atoms with van der Waals surface area (Å²) in [7, 11) is 0. The van der Waals surface area contributed by atoms with Crippen LogP contribution in [0, 0.1) is 0 Å². The molecule has 0 spiro atoms. The molecule has 1 aromatic heterocycles. The van der Waals surface area contributed by atoms with Gasteiger partial charge in [0.05, 0.1) is 16.7 Å². The van der Waals surface area contributed by atoms with Gasteiger partial charge in [0.25, 0.3) is 0 Å². The lowest BCUT2D eigenvalue weighted by molar-refractivity contribution is 1.20. The van der Waals surface area contributed by atoms with Crippen molar-refractivity contribution in [2.24, 2.45) is 0 Å². The Kier molecular flexibility index (Phi) is 9.45. The van der Waals surface area contributed by atoms with Gasteiger partial charge in [-0.05, 0) is 99.4 Å². The Morgan fingerprint density at radius 2 is 0.714 bits per heavy atom. The zero-order chi connectivity index (χ0) is 37.8. The van der Waals surface area contributed by atoms with Gasteiger partial charge < -0.3 is 9.47 Å². The molecule has 56 heavy (non-hydrogen) atoms. The van der Waals surface area contributed by atoms with E-state index in [1.807, 2.05) is 13.8 Å². The summed E-state index contributed by atoms with van der Waals surface area (Å²) < 4.78 is 2.42. The molecule has 0 atom stereocenters. The summed E-state index contributed by atoms with van der Waals surface area (Å²) in [5.41, 5.74) is 14.1. The molecular formula is C54H42N2. The minimum absolute atomic E-state index is 1.10. The Bertz CT molecular complexity index is 2800. The average molecular weight is 719 g/mol. The van der Waals surface area contributed by atoms with Crippen LogP contribution in [-0.2, 0) is 0 Å². The third-order valence-corrected chi connectivity index (χ3v) is 10.6. The number of rotatable bonds is 7. The van der Waals surface area contributed by atoms with Crippen molar-refractivity contribution in [3.8, 4) is 39.1 Å². The molecule has 0 unspecified atom stereocenters. The van der Waals surface area contributed by atoms with Crippen LogP contribution >= 0.6 is 0 Å². The summed E-state index contributed by atoms with van der Waals surface area (Å²) in [5, 5.41) is 4.99. The Balaban J connectivity index is 0.00000202. The highest BCUT2D eigenvalue weighted by molar-refractivity contribution is 6.11. The van der Waals surface area contributed by atoms with Crippen LogP contribution in [0.3, 0.4) is 0 Å². The van der Waals surface area contributed by atoms with Crippen molar-refractivity contribution in [2.75, 3.05) is 4.90 Å². The lowest BCUT2D eigenvalue weighted by atomic mass is 10.0. The molecule has 0 fully saturated rings. The minimum Gasteiger partial charge on any atom is -0.311 e. The Hall–Kier alpha value is -7.16. The number of hydrogen-bond donors (Lipinski definition) is 0. The number of benzene rings is 9. The van der Waals surface area contributed by atoms with Crippen molar-refractivity contribution < 1.29 is 0 Å². The van der Waals surface area contributed by atoms with Crippen LogP contribution in [-0.4, -0.2) is 4.57 Å². The Morgan fingerprint density at radius 1 is 0.304 bits per heavy atom. The second kappa shape index (κ2) is 15.3. The largest absolute Gasteiger partial charge is 0.311 e. The summed E-state index contributed by atoms with van der Waals surface area (Å²) in [6, 6.07) is 78.8. The van der Waals surface area contributed by atoms with Gasteiger partial charge in [-0.1, -0.05) is 172 Å². The molecule has 10 aromatic rings. The predicted octanol–water partition coefficient (Wildman–Crippen LogP) is 15.4. The highest BCUT2D eigenvalue weighted by atomic mass is 15.1. The highest BCUT2D eigenvalue weighted by Gasteiger charge is 2.17. The number of nitrogens with zero attached hydrogens (tertiary/aromatic N) is 2. The molecule has 268 valence electrons. The third kappa shape index (κ3) is 6.42. The van der Waals surface area contributed by atoms with Crippen molar-refractivity contribution in [2.45, 2.75) is 13.8 Å². The summed E-state index contributed by atoms with van der Waals surface area (Å²) in [5.74, 6) is 0. The van der Waals surface area contributed by atoms with Crippen LogP contribution < -0.4 is 4.90 Å². The van der Waals surface area contributed by atoms with E-state index in [9.17, 15) is 0 Å². The second-order valence-corrected chi connectivity index (χ2v) is 13.8. The maximum atomic E-state index is 2.42. The summed E-state index contributed by atoms with van der Waals surface area (Å²) in [6.45, 7) is 4.00. The number of aromatic nitrogens is 1. The van der Waals surface area contributed by atoms with Gasteiger partial charge in [0, 0.05) is 33.2 Å². The molecule has 0 aliphatic heterocycles. The van der Waals surface area contributed by atoms with Gasteiger partial charge in [0.2, 0.25) is 0 Å². The Labute approximate surface area is 329 Å². The molecule has 9 aromatic carbocycles. The van der Waals surface area contributed by atoms with E-state index < -0.39 is 0 Å². The molecular weight excluding hydrogens is 677 g/mol. The fourth-order valence-corrected chi connectivity index (χ4v) is 7.93. The van der Waals surface area contributed by atoms with Crippen molar-refractivity contribution in [3.63, 3.8) is 0 Å². The van der Waals surface area contributed by atoms with Gasteiger partial charge in [0.15, 0.2) is 0 Å². The van der Waals surface area contributed by atoms with Gasteiger partial charge in [-0.25, -0.2) is 0 Å². The van der Waals surface area contributed by atoms with Crippen LogP contribution in [0.25, 0.3) is 71.6 Å². The summed E-state index contributed by atoms with van der Waals surface area (Å²) in [6.07, 6.45) is 0. The lowest BCUT2D eigenvalue weighted by Gasteiger charge is -2.26. The maximum absolute atomic E-state index is 2.42. The van der Waals surface area contributed by atoms with Crippen LogP contribution in [0.15, 0.2) is 218 Å². The van der Waals surface area contributed by atoms with Gasteiger partial charge in [-0.15, -0.1) is 0 Å². The van der Waals surface area contributed by atoms with Crippen molar-refractivity contribution in [1.82, 2.24) is 4.57 Å². The fraction of sp³-hybridized carbons (Fsp3) is 0.0370. The molecule has 0 saturated heterocycles. The van der Waals surface area contributed by atoms with E-state index in [4.69, 9.17) is 0 Å². The van der Waals surface area contributed by atoms with Gasteiger partial charge in [0.1, 0.15) is 0 Å². The van der Waals surface area contributed by atoms with Gasteiger partial charge >= 0.3 is 0 Å². The molecule has 10 rings (SSSR count). The van der Waals surface area contributed by atoms with Crippen molar-refractivity contribution >= 4 is 49.6 Å². The van der Waals surface area contributed by atoms with Crippen molar-refractivity contribution in [1.29, 1.82) is 0 Å². The molecule has 0 bridgehead atoms. The topological polar surface area (TPSA) is 8.17 Å². The highest BCUT2D eigenvalue weighted by Crippen LogP contribution is 2.40. The molecule has 0 saturated carbocycles. The average Bonchev–Trinajstić information content (AvgIpc) is 3.62. The first-order valence-electron chi connectivity index (χ1n) is 19.5. The first-order valence-corrected chi connectivity index (χ1v) is 19.5. The van der Waals surface area contributed by atoms with Crippen LogP contribution in [0.5, 0.6) is 0 Å². The number of fused-ring (bicyclic) bond motifs is 4. The first kappa shape index (κ1) is 34.6. The molecule has 1 heterocycles. The Morgan fingerprint density at radius 3 is 1.29 bits per heavy atom. The zero-order valence-corrected chi connectivity index (χ0v) is 31.7. The van der Waals surface area contributed by atoms with Crippen LogP contribution in [0.2, 0.25) is 0 Å². The molecule has 0 radical (unpaired) electrons. The number of anilines is 3. The lowest BCUT2D eigenvalue weighted by Crippen LogP contribution is -2.09. The minimum atomic E-state index is 1.10. The van der Waals surface area contributed by atoms with E-state index in [2.05, 4.69) is 228 Å². The van der Waals surface area contributed by atoms with E-state index in [-0.39, 0.29) is 0 Å². The standard InChI is InChI=1S/C52H36N2.C2H6/c1-3-12-37(13-4-1)39-22-29-44(30-23-39)53(45-31-24-40(25-32-45)38-14-5-2-6-15-38)46-33-26-41(27-34-46)43-28-35-52-49(36-43)48-19-9-10-20-51(48)54(52)50-21-11-17-42-16-7-8-18-47(42)50;1-2/h1-36H;1-2H3. The molecule has 0 amide bonds. The zero-order valence-electron chi connectivity index (χ0n) is 31.7. The van der Waals surface area contributed by atoms with E-state index in [0.717, 1.165) is 17.1 Å². The predicted molar refractivity (Wildman–Crippen MR) is 241 cm³/mol. The molecule has 2 heteroatoms. The molecule has 0 aliphatic carbocycles.